The lowest BCUT2D eigenvalue weighted by molar-refractivity contribution is 0.0886. The fourth-order valence-electron chi connectivity index (χ4n) is 1.94. The third kappa shape index (κ3) is 5.50. The molecule has 0 heterocycles. The van der Waals surface area contributed by atoms with E-state index in [4.69, 9.17) is 9.47 Å². The Morgan fingerprint density at radius 1 is 1.05 bits per heavy atom. The number of hydrogen-bond acceptors (Lipinski definition) is 3. The molecule has 2 rings (SSSR count). The molecule has 4 heteroatoms. The zero-order valence-electron chi connectivity index (χ0n) is 12.1. The van der Waals surface area contributed by atoms with Crippen LogP contribution in [0.2, 0.25) is 0 Å². The maximum absolute atomic E-state index is 5.65. The molecule has 0 radical (unpaired) electrons. The molecule has 21 heavy (non-hydrogen) atoms. The van der Waals surface area contributed by atoms with Gasteiger partial charge in [0.1, 0.15) is 12.4 Å². The topological polar surface area (TPSA) is 30.5 Å². The summed E-state index contributed by atoms with van der Waals surface area (Å²) in [6.07, 6.45) is 0. The van der Waals surface area contributed by atoms with Gasteiger partial charge in [-0.05, 0) is 36.4 Å². The number of rotatable bonds is 8. The van der Waals surface area contributed by atoms with E-state index >= 15 is 0 Å². The van der Waals surface area contributed by atoms with Crippen LogP contribution in [0.25, 0.3) is 0 Å². The van der Waals surface area contributed by atoms with Gasteiger partial charge < -0.3 is 14.8 Å². The van der Waals surface area contributed by atoms with Crippen molar-refractivity contribution in [1.29, 1.82) is 0 Å². The molecular formula is C17H20BrNO2. The van der Waals surface area contributed by atoms with E-state index in [9.17, 15) is 0 Å². The van der Waals surface area contributed by atoms with Crippen molar-refractivity contribution in [2.24, 2.45) is 0 Å². The molecule has 0 aliphatic heterocycles. The second-order valence-electron chi connectivity index (χ2n) is 4.67. The van der Waals surface area contributed by atoms with Crippen molar-refractivity contribution in [1.82, 2.24) is 5.32 Å². The van der Waals surface area contributed by atoms with Gasteiger partial charge in [0.15, 0.2) is 0 Å². The van der Waals surface area contributed by atoms with Crippen LogP contribution in [-0.2, 0) is 17.9 Å². The summed E-state index contributed by atoms with van der Waals surface area (Å²) < 4.78 is 12.3. The highest BCUT2D eigenvalue weighted by molar-refractivity contribution is 9.10. The molecule has 0 saturated heterocycles. The number of para-hydroxylation sites is 1. The van der Waals surface area contributed by atoms with Crippen LogP contribution in [0.15, 0.2) is 53.0 Å². The second-order valence-corrected chi connectivity index (χ2v) is 5.52. The number of benzene rings is 2. The zero-order chi connectivity index (χ0) is 14.9. The number of ether oxygens (including phenoxy) is 2. The first kappa shape index (κ1) is 16.0. The average molecular weight is 350 g/mol. The molecular weight excluding hydrogens is 330 g/mol. The molecule has 2 aromatic rings. The largest absolute Gasteiger partial charge is 0.491 e. The van der Waals surface area contributed by atoms with Crippen LogP contribution >= 0.6 is 15.9 Å². The lowest BCUT2D eigenvalue weighted by Crippen LogP contribution is -2.07. The Morgan fingerprint density at radius 2 is 1.86 bits per heavy atom. The van der Waals surface area contributed by atoms with Gasteiger partial charge in [0.05, 0.1) is 13.2 Å². The molecule has 1 N–H and O–H groups in total. The molecule has 0 atom stereocenters. The first-order chi connectivity index (χ1) is 10.3. The number of nitrogens with one attached hydrogen (secondary N) is 1. The molecule has 0 amide bonds. The van der Waals surface area contributed by atoms with Gasteiger partial charge in [0.25, 0.3) is 0 Å². The quantitative estimate of drug-likeness (QED) is 0.736. The minimum Gasteiger partial charge on any atom is -0.491 e. The van der Waals surface area contributed by atoms with Crippen LogP contribution in [0.3, 0.4) is 0 Å². The lowest BCUT2D eigenvalue weighted by Gasteiger charge is -2.09. The van der Waals surface area contributed by atoms with Crippen molar-refractivity contribution in [3.05, 3.63) is 64.1 Å². The smallest absolute Gasteiger partial charge is 0.119 e. The molecule has 0 unspecified atom stereocenters. The van der Waals surface area contributed by atoms with Gasteiger partial charge in [-0.1, -0.05) is 46.3 Å². The fraction of sp³-hybridized carbons (Fsp3) is 0.294. The van der Waals surface area contributed by atoms with Crippen molar-refractivity contribution in [3.8, 4) is 5.75 Å². The highest BCUT2D eigenvalue weighted by Crippen LogP contribution is 2.19. The second kappa shape index (κ2) is 8.82. The van der Waals surface area contributed by atoms with Crippen LogP contribution in [0.5, 0.6) is 5.75 Å². The fourth-order valence-corrected chi connectivity index (χ4v) is 2.48. The molecule has 112 valence electrons. The summed E-state index contributed by atoms with van der Waals surface area (Å²) in [6.45, 7) is 2.57. The summed E-state index contributed by atoms with van der Waals surface area (Å²) in [7, 11) is 1.94. The highest BCUT2D eigenvalue weighted by atomic mass is 79.9. The predicted octanol–water partition coefficient (Wildman–Crippen LogP) is 3.76. The summed E-state index contributed by atoms with van der Waals surface area (Å²) >= 11 is 3.58. The van der Waals surface area contributed by atoms with Gasteiger partial charge in [-0.25, -0.2) is 0 Å². The van der Waals surface area contributed by atoms with Crippen LogP contribution in [0.1, 0.15) is 11.1 Å². The minimum atomic E-state index is 0.555. The molecule has 0 bridgehead atoms. The number of hydrogen-bond donors (Lipinski definition) is 1. The van der Waals surface area contributed by atoms with Gasteiger partial charge in [0.2, 0.25) is 0 Å². The van der Waals surface area contributed by atoms with Gasteiger partial charge in [-0.2, -0.15) is 0 Å². The first-order valence-corrected chi connectivity index (χ1v) is 7.76. The van der Waals surface area contributed by atoms with E-state index < -0.39 is 0 Å². The normalized spacial score (nSPS) is 10.6. The molecule has 3 nitrogen and oxygen atoms in total. The molecule has 0 spiro atoms. The summed E-state index contributed by atoms with van der Waals surface area (Å²) in [5.41, 5.74) is 2.40. The molecule has 0 fully saturated rings. The van der Waals surface area contributed by atoms with Crippen LogP contribution in [0.4, 0.5) is 0 Å². The van der Waals surface area contributed by atoms with E-state index in [0.29, 0.717) is 19.8 Å². The van der Waals surface area contributed by atoms with E-state index in [1.807, 2.05) is 37.4 Å². The zero-order valence-corrected chi connectivity index (χ0v) is 13.7. The summed E-state index contributed by atoms with van der Waals surface area (Å²) in [5.74, 6) is 0.874. The van der Waals surface area contributed by atoms with Crippen molar-refractivity contribution >= 4 is 15.9 Å². The number of halogens is 1. The standard InChI is InChI=1S/C17H20BrNO2/c1-19-12-14-7-8-15(17(18)11-14)13-20-9-10-21-16-5-3-2-4-6-16/h2-8,11,19H,9-10,12-13H2,1H3. The average Bonchev–Trinajstić information content (AvgIpc) is 2.50. The van der Waals surface area contributed by atoms with E-state index in [0.717, 1.165) is 22.3 Å². The van der Waals surface area contributed by atoms with Crippen molar-refractivity contribution in [2.75, 3.05) is 20.3 Å². The van der Waals surface area contributed by atoms with Gasteiger partial charge in [-0.3, -0.25) is 0 Å². The highest BCUT2D eigenvalue weighted by Gasteiger charge is 2.02. The van der Waals surface area contributed by atoms with Gasteiger partial charge in [0, 0.05) is 11.0 Å². The van der Waals surface area contributed by atoms with Crippen LogP contribution < -0.4 is 10.1 Å². The van der Waals surface area contributed by atoms with E-state index in [2.05, 4.69) is 39.4 Å². The lowest BCUT2D eigenvalue weighted by atomic mass is 10.1. The summed E-state index contributed by atoms with van der Waals surface area (Å²) in [4.78, 5) is 0. The Bertz CT molecular complexity index is 546. The third-order valence-corrected chi connectivity index (χ3v) is 3.73. The van der Waals surface area contributed by atoms with Gasteiger partial charge >= 0.3 is 0 Å². The van der Waals surface area contributed by atoms with Crippen LogP contribution in [0, 0.1) is 0 Å². The molecule has 0 aliphatic carbocycles. The predicted molar refractivity (Wildman–Crippen MR) is 88.5 cm³/mol. The maximum Gasteiger partial charge on any atom is 0.119 e. The van der Waals surface area contributed by atoms with Crippen molar-refractivity contribution < 1.29 is 9.47 Å². The Kier molecular flexibility index (Phi) is 6.73. The molecule has 0 saturated carbocycles. The first-order valence-electron chi connectivity index (χ1n) is 6.97. The third-order valence-electron chi connectivity index (χ3n) is 3.00. The van der Waals surface area contributed by atoms with E-state index in [-0.39, 0.29) is 0 Å². The van der Waals surface area contributed by atoms with Crippen molar-refractivity contribution in [2.45, 2.75) is 13.2 Å². The van der Waals surface area contributed by atoms with Crippen LogP contribution in [-0.4, -0.2) is 20.3 Å². The molecule has 0 aliphatic rings. The SMILES string of the molecule is CNCc1ccc(COCCOc2ccccc2)c(Br)c1. The Balaban J connectivity index is 1.71. The monoisotopic (exact) mass is 349 g/mol. The maximum atomic E-state index is 5.65. The Labute approximate surface area is 134 Å². The van der Waals surface area contributed by atoms with E-state index in [1.54, 1.807) is 0 Å². The minimum absolute atomic E-state index is 0.555. The van der Waals surface area contributed by atoms with Gasteiger partial charge in [-0.15, -0.1) is 0 Å². The molecule has 0 aromatic heterocycles. The molecule has 2 aromatic carbocycles. The van der Waals surface area contributed by atoms with E-state index in [1.165, 1.54) is 5.56 Å². The van der Waals surface area contributed by atoms with Crippen molar-refractivity contribution in [3.63, 3.8) is 0 Å². The summed E-state index contributed by atoms with van der Waals surface area (Å²) in [5, 5.41) is 3.14. The Morgan fingerprint density at radius 3 is 2.57 bits per heavy atom. The summed E-state index contributed by atoms with van der Waals surface area (Å²) in [6, 6.07) is 16.1. The Hall–Kier alpha value is -1.36.